The van der Waals surface area contributed by atoms with E-state index >= 15 is 0 Å². The highest BCUT2D eigenvalue weighted by Gasteiger charge is 1.96. The summed E-state index contributed by atoms with van der Waals surface area (Å²) in [7, 11) is 1.64. The number of benzene rings is 1. The third-order valence-corrected chi connectivity index (χ3v) is 2.40. The molecule has 1 rings (SSSR count). The standard InChI is InChI=1S/C11H11NOS/c1-9(7-8-12)10-3-5-11(6-4-10)14-13-2/h3-7H,1-2H3. The molecule has 0 aliphatic rings. The van der Waals surface area contributed by atoms with Crippen LogP contribution in [0.25, 0.3) is 5.57 Å². The van der Waals surface area contributed by atoms with Crippen molar-refractivity contribution in [2.45, 2.75) is 11.8 Å². The van der Waals surface area contributed by atoms with Gasteiger partial charge in [0, 0.05) is 23.0 Å². The molecular formula is C11H11NOS. The van der Waals surface area contributed by atoms with Gasteiger partial charge >= 0.3 is 0 Å². The molecular weight excluding hydrogens is 194 g/mol. The lowest BCUT2D eigenvalue weighted by molar-refractivity contribution is 0.490. The predicted octanol–water partition coefficient (Wildman–Crippen LogP) is 3.27. The van der Waals surface area contributed by atoms with E-state index in [1.54, 1.807) is 13.2 Å². The molecule has 0 aromatic heterocycles. The van der Waals surface area contributed by atoms with Crippen molar-refractivity contribution in [3.8, 4) is 6.07 Å². The van der Waals surface area contributed by atoms with Crippen molar-refractivity contribution < 1.29 is 4.18 Å². The highest BCUT2D eigenvalue weighted by molar-refractivity contribution is 7.94. The fraction of sp³-hybridized carbons (Fsp3) is 0.182. The van der Waals surface area contributed by atoms with Crippen LogP contribution < -0.4 is 0 Å². The number of rotatable bonds is 3. The number of nitrogens with zero attached hydrogens (tertiary/aromatic N) is 1. The van der Waals surface area contributed by atoms with E-state index in [2.05, 4.69) is 0 Å². The van der Waals surface area contributed by atoms with Gasteiger partial charge in [-0.2, -0.15) is 5.26 Å². The van der Waals surface area contributed by atoms with Crippen LogP contribution in [-0.4, -0.2) is 7.11 Å². The van der Waals surface area contributed by atoms with E-state index in [4.69, 9.17) is 9.44 Å². The molecule has 0 amide bonds. The van der Waals surface area contributed by atoms with Gasteiger partial charge < -0.3 is 4.18 Å². The van der Waals surface area contributed by atoms with Crippen LogP contribution in [0.2, 0.25) is 0 Å². The summed E-state index contributed by atoms with van der Waals surface area (Å²) in [4.78, 5) is 1.06. The molecule has 0 spiro atoms. The van der Waals surface area contributed by atoms with Crippen LogP contribution in [0.5, 0.6) is 0 Å². The van der Waals surface area contributed by atoms with E-state index in [1.807, 2.05) is 37.3 Å². The summed E-state index contributed by atoms with van der Waals surface area (Å²) in [5, 5.41) is 8.49. The Balaban J connectivity index is 2.84. The molecule has 0 N–H and O–H groups in total. The number of hydrogen-bond donors (Lipinski definition) is 0. The van der Waals surface area contributed by atoms with Crippen LogP contribution in [0, 0.1) is 11.3 Å². The maximum Gasteiger partial charge on any atom is 0.0915 e. The zero-order valence-electron chi connectivity index (χ0n) is 8.15. The molecule has 3 heteroatoms. The second-order valence-corrected chi connectivity index (χ2v) is 3.70. The van der Waals surface area contributed by atoms with Gasteiger partial charge in [0.2, 0.25) is 0 Å². The van der Waals surface area contributed by atoms with Gasteiger partial charge in [-0.25, -0.2) is 0 Å². The van der Waals surface area contributed by atoms with Crippen LogP contribution in [0.1, 0.15) is 12.5 Å². The first kappa shape index (κ1) is 10.8. The molecule has 72 valence electrons. The Hall–Kier alpha value is -1.24. The maximum atomic E-state index is 8.49. The Morgan fingerprint density at radius 1 is 1.43 bits per heavy atom. The summed E-state index contributed by atoms with van der Waals surface area (Å²) in [5.41, 5.74) is 2.04. The van der Waals surface area contributed by atoms with Gasteiger partial charge in [0.1, 0.15) is 0 Å². The monoisotopic (exact) mass is 205 g/mol. The first-order valence-electron chi connectivity index (χ1n) is 4.15. The molecule has 14 heavy (non-hydrogen) atoms. The van der Waals surface area contributed by atoms with E-state index in [0.717, 1.165) is 16.0 Å². The van der Waals surface area contributed by atoms with Gasteiger partial charge in [-0.15, -0.1) is 0 Å². The summed E-state index contributed by atoms with van der Waals surface area (Å²) in [5.74, 6) is 0. The highest BCUT2D eigenvalue weighted by atomic mass is 32.2. The third kappa shape index (κ3) is 2.91. The van der Waals surface area contributed by atoms with Crippen molar-refractivity contribution in [2.75, 3.05) is 7.11 Å². The van der Waals surface area contributed by atoms with Gasteiger partial charge in [-0.05, 0) is 30.2 Å². The van der Waals surface area contributed by atoms with Crippen molar-refractivity contribution in [1.29, 1.82) is 5.26 Å². The Labute approximate surface area is 88.4 Å². The van der Waals surface area contributed by atoms with Gasteiger partial charge in [-0.3, -0.25) is 0 Å². The number of nitriles is 1. The molecule has 0 aliphatic carbocycles. The molecule has 0 saturated heterocycles. The Bertz CT molecular complexity index is 362. The van der Waals surface area contributed by atoms with Gasteiger partial charge in [0.15, 0.2) is 0 Å². The smallest absolute Gasteiger partial charge is 0.0915 e. The van der Waals surface area contributed by atoms with E-state index in [0.29, 0.717) is 0 Å². The summed E-state index contributed by atoms with van der Waals surface area (Å²) >= 11 is 1.32. The van der Waals surface area contributed by atoms with Crippen LogP contribution in [0.15, 0.2) is 35.2 Å². The molecule has 0 heterocycles. The lowest BCUT2D eigenvalue weighted by atomic mass is 10.1. The van der Waals surface area contributed by atoms with Crippen molar-refractivity contribution in [1.82, 2.24) is 0 Å². The first-order valence-corrected chi connectivity index (χ1v) is 4.89. The average Bonchev–Trinajstić information content (AvgIpc) is 2.20. The third-order valence-electron chi connectivity index (χ3n) is 1.77. The first-order chi connectivity index (χ1) is 6.77. The van der Waals surface area contributed by atoms with E-state index in [-0.39, 0.29) is 0 Å². The minimum atomic E-state index is 0.974. The fourth-order valence-corrected chi connectivity index (χ4v) is 1.49. The summed E-state index contributed by atoms with van der Waals surface area (Å²) in [6.07, 6.45) is 1.54. The Kier molecular flexibility index (Phi) is 4.24. The average molecular weight is 205 g/mol. The van der Waals surface area contributed by atoms with E-state index in [1.165, 1.54) is 12.0 Å². The lowest BCUT2D eigenvalue weighted by Gasteiger charge is -2.01. The molecule has 2 nitrogen and oxygen atoms in total. The van der Waals surface area contributed by atoms with Crippen LogP contribution in [0.3, 0.4) is 0 Å². The quantitative estimate of drug-likeness (QED) is 0.561. The van der Waals surface area contributed by atoms with E-state index < -0.39 is 0 Å². The number of allylic oxidation sites excluding steroid dienone is 2. The van der Waals surface area contributed by atoms with Gasteiger partial charge in [-0.1, -0.05) is 12.1 Å². The zero-order chi connectivity index (χ0) is 10.4. The second-order valence-electron chi connectivity index (χ2n) is 2.73. The molecule has 0 aliphatic heterocycles. The van der Waals surface area contributed by atoms with Crippen LogP contribution >= 0.6 is 12.0 Å². The SMILES string of the molecule is COSc1ccc(C(C)=CC#N)cc1. The molecule has 0 bridgehead atoms. The minimum Gasteiger partial charge on any atom is -0.314 e. The van der Waals surface area contributed by atoms with Crippen LogP contribution in [0.4, 0.5) is 0 Å². The highest BCUT2D eigenvalue weighted by Crippen LogP contribution is 2.21. The van der Waals surface area contributed by atoms with Crippen molar-refractivity contribution in [3.05, 3.63) is 35.9 Å². The summed E-state index contributed by atoms with van der Waals surface area (Å²) < 4.78 is 4.93. The topological polar surface area (TPSA) is 33.0 Å². The molecule has 0 radical (unpaired) electrons. The largest absolute Gasteiger partial charge is 0.314 e. The van der Waals surface area contributed by atoms with Gasteiger partial charge in [0.05, 0.1) is 13.2 Å². The minimum absolute atomic E-state index is 0.974. The Morgan fingerprint density at radius 3 is 2.57 bits per heavy atom. The normalized spacial score (nSPS) is 11.1. The molecule has 1 aromatic carbocycles. The van der Waals surface area contributed by atoms with Crippen molar-refractivity contribution in [2.24, 2.45) is 0 Å². The molecule has 0 fully saturated rings. The maximum absolute atomic E-state index is 8.49. The summed E-state index contributed by atoms with van der Waals surface area (Å²) in [6, 6.07) is 9.91. The molecule has 0 unspecified atom stereocenters. The fourth-order valence-electron chi connectivity index (χ4n) is 1.05. The van der Waals surface area contributed by atoms with Crippen molar-refractivity contribution >= 4 is 17.6 Å². The Morgan fingerprint density at radius 2 is 2.07 bits per heavy atom. The predicted molar refractivity (Wildman–Crippen MR) is 58.6 cm³/mol. The zero-order valence-corrected chi connectivity index (χ0v) is 8.97. The van der Waals surface area contributed by atoms with Crippen molar-refractivity contribution in [3.63, 3.8) is 0 Å². The van der Waals surface area contributed by atoms with Crippen LogP contribution in [-0.2, 0) is 4.18 Å². The lowest BCUT2D eigenvalue weighted by Crippen LogP contribution is -1.79. The van der Waals surface area contributed by atoms with E-state index in [9.17, 15) is 0 Å². The van der Waals surface area contributed by atoms with Gasteiger partial charge in [0.25, 0.3) is 0 Å². The molecule has 1 aromatic rings. The number of hydrogen-bond acceptors (Lipinski definition) is 3. The summed E-state index contributed by atoms with van der Waals surface area (Å²) in [6.45, 7) is 1.92. The molecule has 0 atom stereocenters. The molecule has 0 saturated carbocycles. The second kappa shape index (κ2) is 5.48.